The Hall–Kier alpha value is -1.56. The second-order valence-electron chi connectivity index (χ2n) is 4.16. The standard InChI is InChI=1S/C10H16N4O2/c11-4-6-2-1-3-7(6)13-9(15)8-5-12-10(16)14-8/h5-7H,1-4,11H2,(H,13,15)(H2,12,14,16). The van der Waals surface area contributed by atoms with E-state index in [-0.39, 0.29) is 23.3 Å². The van der Waals surface area contributed by atoms with Crippen molar-refractivity contribution in [3.05, 3.63) is 22.4 Å². The van der Waals surface area contributed by atoms with Crippen LogP contribution in [0.15, 0.2) is 11.0 Å². The third kappa shape index (κ3) is 2.16. The molecule has 0 aromatic carbocycles. The Labute approximate surface area is 92.6 Å². The molecule has 1 aromatic rings. The Bertz CT molecular complexity index is 422. The van der Waals surface area contributed by atoms with Crippen LogP contribution in [0.2, 0.25) is 0 Å². The summed E-state index contributed by atoms with van der Waals surface area (Å²) in [6, 6.07) is 0.135. The van der Waals surface area contributed by atoms with Gasteiger partial charge < -0.3 is 21.0 Å². The smallest absolute Gasteiger partial charge is 0.323 e. The molecule has 0 radical (unpaired) electrons. The molecule has 2 unspecified atom stereocenters. The van der Waals surface area contributed by atoms with Crippen molar-refractivity contribution in [3.8, 4) is 0 Å². The molecule has 0 spiro atoms. The van der Waals surface area contributed by atoms with Gasteiger partial charge in [-0.1, -0.05) is 6.42 Å². The highest BCUT2D eigenvalue weighted by Crippen LogP contribution is 2.24. The van der Waals surface area contributed by atoms with Gasteiger partial charge in [0.1, 0.15) is 5.69 Å². The second kappa shape index (κ2) is 4.52. The van der Waals surface area contributed by atoms with Crippen molar-refractivity contribution in [1.29, 1.82) is 0 Å². The Kier molecular flexibility index (Phi) is 3.09. The summed E-state index contributed by atoms with van der Waals surface area (Å²) in [7, 11) is 0. The van der Waals surface area contributed by atoms with Crippen LogP contribution in [0.5, 0.6) is 0 Å². The summed E-state index contributed by atoms with van der Waals surface area (Å²) in [6.07, 6.45) is 4.49. The fourth-order valence-electron chi connectivity index (χ4n) is 2.21. The van der Waals surface area contributed by atoms with Crippen molar-refractivity contribution in [2.45, 2.75) is 25.3 Å². The maximum Gasteiger partial charge on any atom is 0.323 e. The number of carbonyl (C=O) groups is 1. The third-order valence-electron chi connectivity index (χ3n) is 3.12. The lowest BCUT2D eigenvalue weighted by Crippen LogP contribution is -2.40. The molecule has 1 heterocycles. The molecular weight excluding hydrogens is 208 g/mol. The first-order valence-electron chi connectivity index (χ1n) is 5.49. The van der Waals surface area contributed by atoms with Crippen LogP contribution < -0.4 is 16.7 Å². The number of hydrogen-bond donors (Lipinski definition) is 4. The van der Waals surface area contributed by atoms with E-state index in [4.69, 9.17) is 5.73 Å². The molecule has 1 aliphatic carbocycles. The van der Waals surface area contributed by atoms with Gasteiger partial charge in [0.2, 0.25) is 0 Å². The van der Waals surface area contributed by atoms with Crippen molar-refractivity contribution in [1.82, 2.24) is 15.3 Å². The monoisotopic (exact) mass is 224 g/mol. The molecule has 2 atom stereocenters. The van der Waals surface area contributed by atoms with Crippen LogP contribution in [0, 0.1) is 5.92 Å². The zero-order chi connectivity index (χ0) is 11.5. The number of nitrogens with one attached hydrogen (secondary N) is 3. The molecule has 16 heavy (non-hydrogen) atoms. The van der Waals surface area contributed by atoms with E-state index in [2.05, 4.69) is 15.3 Å². The molecule has 5 N–H and O–H groups in total. The van der Waals surface area contributed by atoms with E-state index >= 15 is 0 Å². The number of rotatable bonds is 3. The summed E-state index contributed by atoms with van der Waals surface area (Å²) in [6.45, 7) is 0.592. The highest BCUT2D eigenvalue weighted by atomic mass is 16.2. The number of imidazole rings is 1. The van der Waals surface area contributed by atoms with Crippen molar-refractivity contribution in [3.63, 3.8) is 0 Å². The third-order valence-corrected chi connectivity index (χ3v) is 3.12. The molecule has 0 saturated heterocycles. The summed E-state index contributed by atoms with van der Waals surface area (Å²) >= 11 is 0. The van der Waals surface area contributed by atoms with Crippen molar-refractivity contribution >= 4 is 5.91 Å². The minimum atomic E-state index is -0.369. The normalized spacial score (nSPS) is 24.6. The molecule has 6 heteroatoms. The summed E-state index contributed by atoms with van der Waals surface area (Å²) in [5.41, 5.74) is 5.53. The number of amides is 1. The average Bonchev–Trinajstić information content (AvgIpc) is 2.86. The fraction of sp³-hybridized carbons (Fsp3) is 0.600. The molecule has 0 bridgehead atoms. The first kappa shape index (κ1) is 10.9. The van der Waals surface area contributed by atoms with Gasteiger partial charge in [-0.2, -0.15) is 0 Å². The number of hydrogen-bond acceptors (Lipinski definition) is 3. The van der Waals surface area contributed by atoms with Crippen LogP contribution in [-0.4, -0.2) is 28.5 Å². The zero-order valence-electron chi connectivity index (χ0n) is 8.95. The van der Waals surface area contributed by atoms with Crippen LogP contribution >= 0.6 is 0 Å². The van der Waals surface area contributed by atoms with Gasteiger partial charge in [-0.25, -0.2) is 4.79 Å². The predicted octanol–water partition coefficient (Wildman–Crippen LogP) is -0.440. The van der Waals surface area contributed by atoms with Gasteiger partial charge in [-0.3, -0.25) is 4.79 Å². The maximum atomic E-state index is 11.7. The molecular formula is C10H16N4O2. The molecule has 1 aliphatic rings. The summed E-state index contributed by atoms with van der Waals surface area (Å²) < 4.78 is 0. The van der Waals surface area contributed by atoms with E-state index in [9.17, 15) is 9.59 Å². The highest BCUT2D eigenvalue weighted by molar-refractivity contribution is 5.92. The van der Waals surface area contributed by atoms with Crippen LogP contribution in [0.25, 0.3) is 0 Å². The lowest BCUT2D eigenvalue weighted by atomic mass is 10.0. The minimum absolute atomic E-state index is 0.135. The SMILES string of the molecule is NCC1CCCC1NC(=O)c1c[nH]c(=O)[nH]1. The molecule has 1 fully saturated rings. The number of nitrogens with two attached hydrogens (primary N) is 1. The Balaban J connectivity index is 1.99. The molecule has 6 nitrogen and oxygen atoms in total. The summed E-state index contributed by atoms with van der Waals surface area (Å²) in [5, 5.41) is 2.90. The quantitative estimate of drug-likeness (QED) is 0.559. The second-order valence-corrected chi connectivity index (χ2v) is 4.16. The Morgan fingerprint density at radius 1 is 1.56 bits per heavy atom. The minimum Gasteiger partial charge on any atom is -0.348 e. The number of H-pyrrole nitrogens is 2. The van der Waals surface area contributed by atoms with E-state index in [1.807, 2.05) is 0 Å². The largest absolute Gasteiger partial charge is 0.348 e. The first-order valence-corrected chi connectivity index (χ1v) is 5.49. The molecule has 1 aromatic heterocycles. The molecule has 1 saturated carbocycles. The highest BCUT2D eigenvalue weighted by Gasteiger charge is 2.27. The van der Waals surface area contributed by atoms with Gasteiger partial charge in [-0.05, 0) is 25.3 Å². The van der Waals surface area contributed by atoms with Gasteiger partial charge in [0, 0.05) is 12.2 Å². The van der Waals surface area contributed by atoms with E-state index in [0.717, 1.165) is 19.3 Å². The average molecular weight is 224 g/mol. The molecule has 88 valence electrons. The predicted molar refractivity (Wildman–Crippen MR) is 59.1 cm³/mol. The van der Waals surface area contributed by atoms with Crippen LogP contribution in [0.3, 0.4) is 0 Å². The summed E-state index contributed by atoms with van der Waals surface area (Å²) in [4.78, 5) is 27.4. The van der Waals surface area contributed by atoms with Gasteiger partial charge in [0.15, 0.2) is 0 Å². The van der Waals surface area contributed by atoms with Crippen LogP contribution in [-0.2, 0) is 0 Å². The van der Waals surface area contributed by atoms with E-state index < -0.39 is 0 Å². The fourth-order valence-corrected chi connectivity index (χ4v) is 2.21. The Morgan fingerprint density at radius 2 is 2.38 bits per heavy atom. The zero-order valence-corrected chi connectivity index (χ0v) is 8.95. The molecule has 2 rings (SSSR count). The Morgan fingerprint density at radius 3 is 3.00 bits per heavy atom. The van der Waals surface area contributed by atoms with E-state index in [1.165, 1.54) is 6.20 Å². The molecule has 1 amide bonds. The number of carbonyl (C=O) groups excluding carboxylic acids is 1. The summed E-state index contributed by atoms with van der Waals surface area (Å²) in [5.74, 6) is 0.110. The van der Waals surface area contributed by atoms with E-state index in [1.54, 1.807) is 0 Å². The van der Waals surface area contributed by atoms with Crippen molar-refractivity contribution in [2.24, 2.45) is 11.7 Å². The van der Waals surface area contributed by atoms with E-state index in [0.29, 0.717) is 12.5 Å². The van der Waals surface area contributed by atoms with Crippen LogP contribution in [0.4, 0.5) is 0 Å². The number of aromatic amines is 2. The van der Waals surface area contributed by atoms with Gasteiger partial charge in [-0.15, -0.1) is 0 Å². The number of aromatic nitrogens is 2. The van der Waals surface area contributed by atoms with Gasteiger partial charge in [0.05, 0.1) is 0 Å². The first-order chi connectivity index (χ1) is 7.70. The van der Waals surface area contributed by atoms with Gasteiger partial charge in [0.25, 0.3) is 5.91 Å². The molecule has 0 aliphatic heterocycles. The van der Waals surface area contributed by atoms with Crippen LogP contribution in [0.1, 0.15) is 29.8 Å². The maximum absolute atomic E-state index is 11.7. The van der Waals surface area contributed by atoms with Crippen molar-refractivity contribution in [2.75, 3.05) is 6.54 Å². The van der Waals surface area contributed by atoms with Gasteiger partial charge >= 0.3 is 5.69 Å². The lowest BCUT2D eigenvalue weighted by molar-refractivity contribution is 0.0924. The lowest BCUT2D eigenvalue weighted by Gasteiger charge is -2.18. The topological polar surface area (TPSA) is 104 Å². The van der Waals surface area contributed by atoms with Crippen molar-refractivity contribution < 1.29 is 4.79 Å².